The SMILES string of the molecule is CCCN1CCCC(C(=O)c2ccc3cccc(C)c3c2)C1. The number of Topliss-reactive ketones (excluding diaryl/α,β-unsaturated/α-hetero) is 1. The number of hydrogen-bond acceptors (Lipinski definition) is 2. The molecule has 0 bridgehead atoms. The lowest BCUT2D eigenvalue weighted by molar-refractivity contribution is 0.0820. The van der Waals surface area contributed by atoms with Crippen molar-refractivity contribution in [2.75, 3.05) is 19.6 Å². The van der Waals surface area contributed by atoms with Gasteiger partial charge in [-0.25, -0.2) is 0 Å². The van der Waals surface area contributed by atoms with E-state index in [1.165, 1.54) is 16.3 Å². The molecule has 116 valence electrons. The van der Waals surface area contributed by atoms with Crippen LogP contribution in [0.5, 0.6) is 0 Å². The van der Waals surface area contributed by atoms with Crippen LogP contribution >= 0.6 is 0 Å². The number of fused-ring (bicyclic) bond motifs is 1. The molecule has 0 saturated carbocycles. The Balaban J connectivity index is 1.84. The summed E-state index contributed by atoms with van der Waals surface area (Å²) in [6, 6.07) is 12.5. The van der Waals surface area contributed by atoms with Crippen molar-refractivity contribution in [1.82, 2.24) is 4.90 Å². The zero-order chi connectivity index (χ0) is 15.5. The maximum absolute atomic E-state index is 12.9. The van der Waals surface area contributed by atoms with Crippen molar-refractivity contribution in [3.05, 3.63) is 47.5 Å². The maximum Gasteiger partial charge on any atom is 0.167 e. The van der Waals surface area contributed by atoms with Crippen LogP contribution < -0.4 is 0 Å². The Kier molecular flexibility index (Phi) is 4.58. The largest absolute Gasteiger partial charge is 0.303 e. The minimum absolute atomic E-state index is 0.168. The molecule has 0 aromatic heterocycles. The third-order valence-corrected chi connectivity index (χ3v) is 4.80. The molecule has 1 fully saturated rings. The van der Waals surface area contributed by atoms with E-state index < -0.39 is 0 Å². The Morgan fingerprint density at radius 3 is 2.95 bits per heavy atom. The van der Waals surface area contributed by atoms with Crippen LogP contribution in [0.2, 0.25) is 0 Å². The van der Waals surface area contributed by atoms with E-state index in [9.17, 15) is 4.79 Å². The normalized spacial score (nSPS) is 19.5. The van der Waals surface area contributed by atoms with Crippen molar-refractivity contribution in [2.24, 2.45) is 5.92 Å². The molecule has 0 N–H and O–H groups in total. The van der Waals surface area contributed by atoms with Crippen LogP contribution in [0.4, 0.5) is 0 Å². The third-order valence-electron chi connectivity index (χ3n) is 4.80. The predicted octanol–water partition coefficient (Wildman–Crippen LogP) is 4.45. The van der Waals surface area contributed by atoms with Crippen molar-refractivity contribution in [3.8, 4) is 0 Å². The number of hydrogen-bond donors (Lipinski definition) is 0. The summed E-state index contributed by atoms with van der Waals surface area (Å²) in [4.78, 5) is 15.3. The number of benzene rings is 2. The first-order valence-corrected chi connectivity index (χ1v) is 8.45. The molecule has 1 saturated heterocycles. The van der Waals surface area contributed by atoms with Gasteiger partial charge in [0.2, 0.25) is 0 Å². The second kappa shape index (κ2) is 6.62. The molecular weight excluding hydrogens is 270 g/mol. The average molecular weight is 295 g/mol. The van der Waals surface area contributed by atoms with Gasteiger partial charge in [-0.1, -0.05) is 37.3 Å². The fraction of sp³-hybridized carbons (Fsp3) is 0.450. The number of carbonyl (C=O) groups excluding carboxylic acids is 1. The summed E-state index contributed by atoms with van der Waals surface area (Å²) >= 11 is 0. The lowest BCUT2D eigenvalue weighted by Gasteiger charge is -2.31. The molecule has 1 heterocycles. The van der Waals surface area contributed by atoms with E-state index in [0.29, 0.717) is 5.78 Å². The summed E-state index contributed by atoms with van der Waals surface area (Å²) in [5, 5.41) is 2.42. The van der Waals surface area contributed by atoms with E-state index in [1.807, 2.05) is 6.07 Å². The minimum Gasteiger partial charge on any atom is -0.303 e. The predicted molar refractivity (Wildman–Crippen MR) is 92.5 cm³/mol. The Morgan fingerprint density at radius 1 is 1.27 bits per heavy atom. The number of rotatable bonds is 4. The fourth-order valence-corrected chi connectivity index (χ4v) is 3.61. The van der Waals surface area contributed by atoms with E-state index in [4.69, 9.17) is 0 Å². The average Bonchev–Trinajstić information content (AvgIpc) is 2.55. The van der Waals surface area contributed by atoms with Gasteiger partial charge in [-0.3, -0.25) is 4.79 Å². The molecule has 1 atom stereocenters. The molecule has 1 aliphatic heterocycles. The standard InChI is InChI=1S/C20H25NO/c1-3-11-21-12-5-8-18(14-21)20(22)17-10-9-16-7-4-6-15(2)19(16)13-17/h4,6-7,9-10,13,18H,3,5,8,11-12,14H2,1-2H3. The summed E-state index contributed by atoms with van der Waals surface area (Å²) in [7, 11) is 0. The van der Waals surface area contributed by atoms with E-state index >= 15 is 0 Å². The van der Waals surface area contributed by atoms with Gasteiger partial charge in [-0.05, 0) is 61.7 Å². The molecule has 2 aromatic rings. The Labute approximate surface area is 133 Å². The molecule has 2 nitrogen and oxygen atoms in total. The van der Waals surface area contributed by atoms with Crippen LogP contribution in [0.3, 0.4) is 0 Å². The van der Waals surface area contributed by atoms with Gasteiger partial charge < -0.3 is 4.90 Å². The van der Waals surface area contributed by atoms with Crippen LogP contribution in [0.15, 0.2) is 36.4 Å². The molecule has 0 radical (unpaired) electrons. The van der Waals surface area contributed by atoms with Gasteiger partial charge in [-0.15, -0.1) is 0 Å². The highest BCUT2D eigenvalue weighted by molar-refractivity contribution is 6.02. The van der Waals surface area contributed by atoms with E-state index in [0.717, 1.165) is 44.5 Å². The number of aryl methyl sites for hydroxylation is 1. The van der Waals surface area contributed by atoms with Crippen LogP contribution in [0.25, 0.3) is 10.8 Å². The highest BCUT2D eigenvalue weighted by Gasteiger charge is 2.26. The van der Waals surface area contributed by atoms with E-state index in [2.05, 4.69) is 49.1 Å². The smallest absolute Gasteiger partial charge is 0.167 e. The summed E-state index contributed by atoms with van der Waals surface area (Å²) < 4.78 is 0. The first kappa shape index (κ1) is 15.2. The lowest BCUT2D eigenvalue weighted by atomic mass is 9.89. The number of likely N-dealkylation sites (tertiary alicyclic amines) is 1. The van der Waals surface area contributed by atoms with E-state index in [-0.39, 0.29) is 5.92 Å². The van der Waals surface area contributed by atoms with E-state index in [1.54, 1.807) is 0 Å². The lowest BCUT2D eigenvalue weighted by Crippen LogP contribution is -2.39. The van der Waals surface area contributed by atoms with Crippen molar-refractivity contribution in [2.45, 2.75) is 33.1 Å². The second-order valence-electron chi connectivity index (χ2n) is 6.51. The van der Waals surface area contributed by atoms with Gasteiger partial charge in [0.15, 0.2) is 5.78 Å². The number of carbonyl (C=O) groups is 1. The first-order valence-electron chi connectivity index (χ1n) is 8.45. The molecule has 0 spiro atoms. The zero-order valence-corrected chi connectivity index (χ0v) is 13.6. The van der Waals surface area contributed by atoms with Crippen LogP contribution in [0, 0.1) is 12.8 Å². The summed E-state index contributed by atoms with van der Waals surface area (Å²) in [5.41, 5.74) is 2.12. The minimum atomic E-state index is 0.168. The van der Waals surface area contributed by atoms with Gasteiger partial charge in [0, 0.05) is 18.0 Å². The van der Waals surface area contributed by atoms with Gasteiger partial charge in [-0.2, -0.15) is 0 Å². The molecule has 3 rings (SSSR count). The van der Waals surface area contributed by atoms with Crippen LogP contribution in [-0.4, -0.2) is 30.3 Å². The summed E-state index contributed by atoms with van der Waals surface area (Å²) in [6.45, 7) is 7.51. The molecule has 1 aliphatic rings. The topological polar surface area (TPSA) is 20.3 Å². The van der Waals surface area contributed by atoms with Gasteiger partial charge in [0.1, 0.15) is 0 Å². The van der Waals surface area contributed by atoms with Crippen molar-refractivity contribution >= 4 is 16.6 Å². The van der Waals surface area contributed by atoms with Crippen molar-refractivity contribution in [1.29, 1.82) is 0 Å². The Hall–Kier alpha value is -1.67. The van der Waals surface area contributed by atoms with Gasteiger partial charge >= 0.3 is 0 Å². The molecule has 2 aromatic carbocycles. The Morgan fingerprint density at radius 2 is 2.14 bits per heavy atom. The number of piperidine rings is 1. The number of ketones is 1. The molecule has 0 amide bonds. The monoisotopic (exact) mass is 295 g/mol. The molecular formula is C20H25NO. The molecule has 1 unspecified atom stereocenters. The van der Waals surface area contributed by atoms with Crippen LogP contribution in [-0.2, 0) is 0 Å². The molecule has 0 aliphatic carbocycles. The first-order chi connectivity index (χ1) is 10.7. The highest BCUT2D eigenvalue weighted by atomic mass is 16.1. The second-order valence-corrected chi connectivity index (χ2v) is 6.51. The molecule has 22 heavy (non-hydrogen) atoms. The summed E-state index contributed by atoms with van der Waals surface area (Å²) in [6.07, 6.45) is 3.34. The highest BCUT2D eigenvalue weighted by Crippen LogP contribution is 2.25. The summed E-state index contributed by atoms with van der Waals surface area (Å²) in [5.74, 6) is 0.493. The Bertz CT molecular complexity index is 674. The zero-order valence-electron chi connectivity index (χ0n) is 13.6. The fourth-order valence-electron chi connectivity index (χ4n) is 3.61. The maximum atomic E-state index is 12.9. The van der Waals surface area contributed by atoms with Crippen molar-refractivity contribution in [3.63, 3.8) is 0 Å². The third kappa shape index (κ3) is 3.07. The van der Waals surface area contributed by atoms with Crippen LogP contribution in [0.1, 0.15) is 42.1 Å². The number of nitrogens with zero attached hydrogens (tertiary/aromatic N) is 1. The van der Waals surface area contributed by atoms with Crippen molar-refractivity contribution < 1.29 is 4.79 Å². The quantitative estimate of drug-likeness (QED) is 0.777. The molecule has 2 heteroatoms. The van der Waals surface area contributed by atoms with Gasteiger partial charge in [0.05, 0.1) is 0 Å². The van der Waals surface area contributed by atoms with Gasteiger partial charge in [0.25, 0.3) is 0 Å².